The summed E-state index contributed by atoms with van der Waals surface area (Å²) in [6.07, 6.45) is 3.07. The summed E-state index contributed by atoms with van der Waals surface area (Å²) in [6, 6.07) is 0. The monoisotopic (exact) mass is 271 g/mol. The number of likely N-dealkylation sites (tertiary alicyclic amines) is 1. The third kappa shape index (κ3) is 6.36. The zero-order valence-corrected chi connectivity index (χ0v) is 12.4. The van der Waals surface area contributed by atoms with Crippen LogP contribution in [0, 0.1) is 0 Å². The highest BCUT2D eigenvalue weighted by Gasteiger charge is 2.16. The number of piperidine rings is 1. The number of likely N-dealkylation sites (N-methyl/N-ethyl adjacent to an activating group) is 1. The van der Waals surface area contributed by atoms with Crippen molar-refractivity contribution in [3.8, 4) is 0 Å². The molecule has 1 rings (SSSR count). The highest BCUT2D eigenvalue weighted by atomic mass is 16.3. The van der Waals surface area contributed by atoms with Gasteiger partial charge < -0.3 is 20.2 Å². The maximum Gasteiger partial charge on any atom is 0.236 e. The van der Waals surface area contributed by atoms with Crippen molar-refractivity contribution in [1.82, 2.24) is 15.1 Å². The normalized spacial score (nSPS) is 17.8. The Hall–Kier alpha value is -0.650. The molecule has 2 N–H and O–H groups in total. The Bertz CT molecular complexity index is 251. The molecule has 0 saturated carbocycles. The number of aliphatic hydroxyl groups excluding tert-OH is 1. The lowest BCUT2D eigenvalue weighted by Gasteiger charge is -2.27. The summed E-state index contributed by atoms with van der Waals surface area (Å²) in [5.74, 6) is 0.162. The Morgan fingerprint density at radius 2 is 1.89 bits per heavy atom. The zero-order chi connectivity index (χ0) is 14.1. The maximum atomic E-state index is 11.9. The second-order valence-corrected chi connectivity index (χ2v) is 5.21. The molecular formula is C14H29N3O2. The van der Waals surface area contributed by atoms with Crippen LogP contribution in [0.4, 0.5) is 0 Å². The van der Waals surface area contributed by atoms with Crippen molar-refractivity contribution in [2.24, 2.45) is 0 Å². The zero-order valence-electron chi connectivity index (χ0n) is 12.4. The van der Waals surface area contributed by atoms with E-state index >= 15 is 0 Å². The lowest BCUT2D eigenvalue weighted by molar-refractivity contribution is -0.131. The summed E-state index contributed by atoms with van der Waals surface area (Å²) in [6.45, 7) is 9.34. The first-order valence-corrected chi connectivity index (χ1v) is 7.56. The fourth-order valence-electron chi connectivity index (χ4n) is 2.45. The fraction of sp³-hybridized carbons (Fsp3) is 0.929. The molecule has 0 aromatic heterocycles. The molecule has 112 valence electrons. The number of nitrogens with zero attached hydrogens (tertiary/aromatic N) is 2. The molecular weight excluding hydrogens is 242 g/mol. The van der Waals surface area contributed by atoms with Gasteiger partial charge in [0.05, 0.1) is 12.6 Å². The SMILES string of the molecule is CCN(CC)CC(O)CNCC(=O)N1CCCCC1. The van der Waals surface area contributed by atoms with Gasteiger partial charge in [-0.25, -0.2) is 0 Å². The number of hydrogen-bond acceptors (Lipinski definition) is 4. The molecule has 0 aromatic carbocycles. The van der Waals surface area contributed by atoms with E-state index in [0.29, 0.717) is 19.6 Å². The fourth-order valence-corrected chi connectivity index (χ4v) is 2.45. The van der Waals surface area contributed by atoms with E-state index in [1.54, 1.807) is 0 Å². The average molecular weight is 271 g/mol. The molecule has 0 aliphatic carbocycles. The van der Waals surface area contributed by atoms with Crippen LogP contribution in [0.25, 0.3) is 0 Å². The smallest absolute Gasteiger partial charge is 0.236 e. The van der Waals surface area contributed by atoms with Gasteiger partial charge in [-0.1, -0.05) is 13.8 Å². The Kier molecular flexibility index (Phi) is 8.02. The second kappa shape index (κ2) is 9.28. The van der Waals surface area contributed by atoms with E-state index in [1.165, 1.54) is 6.42 Å². The van der Waals surface area contributed by atoms with Gasteiger partial charge in [-0.3, -0.25) is 4.79 Å². The van der Waals surface area contributed by atoms with Gasteiger partial charge in [0, 0.05) is 26.2 Å². The molecule has 5 nitrogen and oxygen atoms in total. The van der Waals surface area contributed by atoms with Gasteiger partial charge in [0.15, 0.2) is 0 Å². The summed E-state index contributed by atoms with van der Waals surface area (Å²) >= 11 is 0. The van der Waals surface area contributed by atoms with Crippen LogP contribution in [-0.4, -0.2) is 72.7 Å². The largest absolute Gasteiger partial charge is 0.390 e. The highest BCUT2D eigenvalue weighted by molar-refractivity contribution is 5.78. The van der Waals surface area contributed by atoms with Gasteiger partial charge in [0.1, 0.15) is 0 Å². The van der Waals surface area contributed by atoms with Crippen LogP contribution >= 0.6 is 0 Å². The molecule has 1 aliphatic heterocycles. The number of nitrogens with one attached hydrogen (secondary N) is 1. The number of carbonyl (C=O) groups is 1. The summed E-state index contributed by atoms with van der Waals surface area (Å²) in [5, 5.41) is 12.9. The van der Waals surface area contributed by atoms with Gasteiger partial charge in [0.25, 0.3) is 0 Å². The minimum absolute atomic E-state index is 0.162. The van der Waals surface area contributed by atoms with Crippen molar-refractivity contribution in [3.05, 3.63) is 0 Å². The molecule has 0 spiro atoms. The highest BCUT2D eigenvalue weighted by Crippen LogP contribution is 2.08. The number of carbonyl (C=O) groups excluding carboxylic acids is 1. The third-order valence-electron chi connectivity index (χ3n) is 3.73. The molecule has 5 heteroatoms. The van der Waals surface area contributed by atoms with Crippen molar-refractivity contribution >= 4 is 5.91 Å². The van der Waals surface area contributed by atoms with E-state index in [9.17, 15) is 9.90 Å². The first-order chi connectivity index (χ1) is 9.17. The van der Waals surface area contributed by atoms with Crippen molar-refractivity contribution < 1.29 is 9.90 Å². The van der Waals surface area contributed by atoms with Gasteiger partial charge in [0.2, 0.25) is 5.91 Å². The average Bonchev–Trinajstić information content (AvgIpc) is 2.45. The Balaban J connectivity index is 2.13. The predicted molar refractivity (Wildman–Crippen MR) is 77.1 cm³/mol. The van der Waals surface area contributed by atoms with Crippen LogP contribution < -0.4 is 5.32 Å². The van der Waals surface area contributed by atoms with Crippen molar-refractivity contribution in [1.29, 1.82) is 0 Å². The molecule has 1 saturated heterocycles. The molecule has 1 unspecified atom stereocenters. The van der Waals surface area contributed by atoms with E-state index in [2.05, 4.69) is 24.1 Å². The summed E-state index contributed by atoms with van der Waals surface area (Å²) in [4.78, 5) is 16.0. The molecule has 1 fully saturated rings. The molecule has 1 heterocycles. The standard InChI is InChI=1S/C14H29N3O2/c1-3-16(4-2)12-13(18)10-15-11-14(19)17-8-6-5-7-9-17/h13,15,18H,3-12H2,1-2H3. The summed E-state index contributed by atoms with van der Waals surface area (Å²) in [7, 11) is 0. The van der Waals surface area contributed by atoms with Crippen molar-refractivity contribution in [2.75, 3.05) is 45.8 Å². The van der Waals surface area contributed by atoms with Crippen LogP contribution in [0.5, 0.6) is 0 Å². The van der Waals surface area contributed by atoms with E-state index in [0.717, 1.165) is 39.0 Å². The van der Waals surface area contributed by atoms with Crippen molar-refractivity contribution in [3.63, 3.8) is 0 Å². The van der Waals surface area contributed by atoms with E-state index in [1.807, 2.05) is 4.90 Å². The molecule has 1 amide bonds. The first kappa shape index (κ1) is 16.4. The summed E-state index contributed by atoms with van der Waals surface area (Å²) < 4.78 is 0. The Morgan fingerprint density at radius 1 is 1.26 bits per heavy atom. The first-order valence-electron chi connectivity index (χ1n) is 7.56. The number of aliphatic hydroxyl groups is 1. The molecule has 1 aliphatic rings. The molecule has 19 heavy (non-hydrogen) atoms. The van der Waals surface area contributed by atoms with E-state index in [-0.39, 0.29) is 5.91 Å². The minimum atomic E-state index is -0.408. The van der Waals surface area contributed by atoms with Crippen molar-refractivity contribution in [2.45, 2.75) is 39.2 Å². The van der Waals surface area contributed by atoms with Gasteiger partial charge in [-0.2, -0.15) is 0 Å². The van der Waals surface area contributed by atoms with Crippen LogP contribution in [0.2, 0.25) is 0 Å². The van der Waals surface area contributed by atoms with Crippen LogP contribution in [0.3, 0.4) is 0 Å². The van der Waals surface area contributed by atoms with Crippen LogP contribution in [0.15, 0.2) is 0 Å². The molecule has 1 atom stereocenters. The number of amides is 1. The van der Waals surface area contributed by atoms with Gasteiger partial charge >= 0.3 is 0 Å². The lowest BCUT2D eigenvalue weighted by Crippen LogP contribution is -2.44. The Morgan fingerprint density at radius 3 is 2.47 bits per heavy atom. The molecule has 0 radical (unpaired) electrons. The molecule has 0 bridgehead atoms. The molecule has 0 aromatic rings. The second-order valence-electron chi connectivity index (χ2n) is 5.21. The van der Waals surface area contributed by atoms with E-state index < -0.39 is 6.10 Å². The minimum Gasteiger partial charge on any atom is -0.390 e. The number of rotatable bonds is 8. The maximum absolute atomic E-state index is 11.9. The topological polar surface area (TPSA) is 55.8 Å². The number of hydrogen-bond donors (Lipinski definition) is 2. The summed E-state index contributed by atoms with van der Waals surface area (Å²) in [5.41, 5.74) is 0. The third-order valence-corrected chi connectivity index (χ3v) is 3.73. The van der Waals surface area contributed by atoms with E-state index in [4.69, 9.17) is 0 Å². The van der Waals surface area contributed by atoms with Gasteiger partial charge in [-0.15, -0.1) is 0 Å². The van der Waals surface area contributed by atoms with Crippen LogP contribution in [0.1, 0.15) is 33.1 Å². The lowest BCUT2D eigenvalue weighted by atomic mass is 10.1. The van der Waals surface area contributed by atoms with Crippen LogP contribution in [-0.2, 0) is 4.79 Å². The predicted octanol–water partition coefficient (Wildman–Crippen LogP) is 0.291. The van der Waals surface area contributed by atoms with Gasteiger partial charge in [-0.05, 0) is 32.4 Å². The Labute approximate surface area is 117 Å². The quantitative estimate of drug-likeness (QED) is 0.666.